The van der Waals surface area contributed by atoms with Crippen LogP contribution in [0.15, 0.2) is 36.2 Å². The van der Waals surface area contributed by atoms with Crippen molar-refractivity contribution in [3.05, 3.63) is 41.9 Å². The lowest BCUT2D eigenvalue weighted by atomic mass is 10.2. The molecule has 0 unspecified atom stereocenters. The highest BCUT2D eigenvalue weighted by molar-refractivity contribution is 9.09. The molecule has 0 fully saturated rings. The average Bonchev–Trinajstić information content (AvgIpc) is 2.29. The number of ether oxygens (including phenoxy) is 1. The lowest BCUT2D eigenvalue weighted by Gasteiger charge is -2.00. The number of hydrogen-bond donors (Lipinski definition) is 1. The molecule has 0 aliphatic carbocycles. The van der Waals surface area contributed by atoms with Gasteiger partial charge < -0.3 is 9.84 Å². The minimum atomic E-state index is 0.656. The van der Waals surface area contributed by atoms with Crippen molar-refractivity contribution in [3.63, 3.8) is 0 Å². The van der Waals surface area contributed by atoms with Crippen molar-refractivity contribution >= 4 is 22.0 Å². The monoisotopic (exact) mass is 269 g/mol. The molecule has 0 bridgehead atoms. The first-order valence-corrected chi connectivity index (χ1v) is 5.49. The molecule has 0 aliphatic heterocycles. The number of aliphatic hydroxyl groups excluding tert-OH is 1. The number of pyridine rings is 1. The van der Waals surface area contributed by atoms with Gasteiger partial charge in [0, 0.05) is 17.6 Å². The highest BCUT2D eigenvalue weighted by Gasteiger charge is 1.96. The smallest absolute Gasteiger partial charge is 0.122 e. The van der Waals surface area contributed by atoms with Crippen molar-refractivity contribution in [1.29, 1.82) is 0 Å². The molecule has 0 saturated carbocycles. The Hall–Kier alpha value is -1.29. The summed E-state index contributed by atoms with van der Waals surface area (Å²) in [6, 6.07) is 3.61. The van der Waals surface area contributed by atoms with Gasteiger partial charge in [-0.1, -0.05) is 15.9 Å². The topological polar surface area (TPSA) is 42.4 Å². The van der Waals surface area contributed by atoms with Gasteiger partial charge in [-0.25, -0.2) is 0 Å². The Morgan fingerprint density at radius 1 is 1.67 bits per heavy atom. The first-order chi connectivity index (χ1) is 7.30. The van der Waals surface area contributed by atoms with Crippen molar-refractivity contribution < 1.29 is 9.84 Å². The van der Waals surface area contributed by atoms with Crippen molar-refractivity contribution in [3.8, 4) is 5.75 Å². The summed E-state index contributed by atoms with van der Waals surface area (Å²) in [5, 5.41) is 9.31. The second kappa shape index (κ2) is 6.24. The normalized spacial score (nSPS) is 12.0. The summed E-state index contributed by atoms with van der Waals surface area (Å²) in [5.41, 5.74) is 1.72. The van der Waals surface area contributed by atoms with Crippen LogP contribution >= 0.6 is 15.9 Å². The van der Waals surface area contributed by atoms with E-state index in [-0.39, 0.29) is 0 Å². The van der Waals surface area contributed by atoms with Gasteiger partial charge in [0.05, 0.1) is 19.1 Å². The van der Waals surface area contributed by atoms with E-state index in [0.717, 1.165) is 23.3 Å². The Morgan fingerprint density at radius 3 is 3.07 bits per heavy atom. The molecular formula is C11H12BrNO2. The van der Waals surface area contributed by atoms with Crippen LogP contribution in [0.1, 0.15) is 5.69 Å². The minimum absolute atomic E-state index is 0.656. The highest BCUT2D eigenvalue weighted by Crippen LogP contribution is 2.14. The van der Waals surface area contributed by atoms with Gasteiger partial charge in [0.2, 0.25) is 0 Å². The lowest BCUT2D eigenvalue weighted by Crippen LogP contribution is -1.87. The zero-order valence-corrected chi connectivity index (χ0v) is 9.94. The predicted octanol–water partition coefficient (Wildman–Crippen LogP) is 2.94. The maximum absolute atomic E-state index is 8.66. The van der Waals surface area contributed by atoms with Crippen molar-refractivity contribution in [2.45, 2.75) is 0 Å². The molecule has 15 heavy (non-hydrogen) atoms. The molecule has 4 heteroatoms. The summed E-state index contributed by atoms with van der Waals surface area (Å²) in [6.45, 7) is 0. The van der Waals surface area contributed by atoms with Gasteiger partial charge >= 0.3 is 0 Å². The third-order valence-corrected chi connectivity index (χ3v) is 2.41. The average molecular weight is 270 g/mol. The summed E-state index contributed by atoms with van der Waals surface area (Å²) >= 11 is 3.32. The molecule has 0 radical (unpaired) electrons. The minimum Gasteiger partial charge on any atom is -0.516 e. The van der Waals surface area contributed by atoms with E-state index in [4.69, 9.17) is 9.84 Å². The van der Waals surface area contributed by atoms with Crippen molar-refractivity contribution in [2.75, 3.05) is 12.4 Å². The van der Waals surface area contributed by atoms with Crippen molar-refractivity contribution in [1.82, 2.24) is 4.98 Å². The number of aliphatic hydroxyl groups is 1. The molecule has 0 aliphatic rings. The van der Waals surface area contributed by atoms with Gasteiger partial charge in [-0.3, -0.25) is 4.98 Å². The van der Waals surface area contributed by atoms with Crippen LogP contribution in [0, 0.1) is 0 Å². The second-order valence-electron chi connectivity index (χ2n) is 2.79. The largest absolute Gasteiger partial charge is 0.516 e. The fourth-order valence-corrected chi connectivity index (χ4v) is 1.40. The second-order valence-corrected chi connectivity index (χ2v) is 3.35. The van der Waals surface area contributed by atoms with Gasteiger partial charge in [-0.05, 0) is 23.8 Å². The van der Waals surface area contributed by atoms with Gasteiger partial charge in [0.15, 0.2) is 0 Å². The Morgan fingerprint density at radius 2 is 2.47 bits per heavy atom. The van der Waals surface area contributed by atoms with E-state index in [2.05, 4.69) is 20.9 Å². The molecule has 3 nitrogen and oxygen atoms in total. The Kier molecular flexibility index (Phi) is 4.90. The quantitative estimate of drug-likeness (QED) is 0.519. The Balaban J connectivity index is 2.95. The van der Waals surface area contributed by atoms with Gasteiger partial charge in [-0.2, -0.15) is 0 Å². The first-order valence-electron chi connectivity index (χ1n) is 4.37. The van der Waals surface area contributed by atoms with Crippen LogP contribution in [0.3, 0.4) is 0 Å². The van der Waals surface area contributed by atoms with Crippen LogP contribution in [0.25, 0.3) is 6.08 Å². The fourth-order valence-electron chi connectivity index (χ4n) is 1.05. The van der Waals surface area contributed by atoms with E-state index in [9.17, 15) is 0 Å². The van der Waals surface area contributed by atoms with E-state index in [1.54, 1.807) is 25.4 Å². The number of hydrogen-bond acceptors (Lipinski definition) is 3. The zero-order chi connectivity index (χ0) is 11.1. The van der Waals surface area contributed by atoms with Crippen LogP contribution in [0.2, 0.25) is 0 Å². The summed E-state index contributed by atoms with van der Waals surface area (Å²) < 4.78 is 5.08. The van der Waals surface area contributed by atoms with Crippen LogP contribution in [0.4, 0.5) is 0 Å². The number of allylic oxidation sites excluding steroid dienone is 2. The van der Waals surface area contributed by atoms with E-state index < -0.39 is 0 Å². The van der Waals surface area contributed by atoms with Gasteiger partial charge in [0.1, 0.15) is 5.75 Å². The maximum atomic E-state index is 8.66. The lowest BCUT2D eigenvalue weighted by molar-refractivity contribution is 0.414. The van der Waals surface area contributed by atoms with Gasteiger partial charge in [-0.15, -0.1) is 0 Å². The number of rotatable bonds is 4. The third-order valence-electron chi connectivity index (χ3n) is 1.76. The number of methoxy groups -OCH3 is 1. The third kappa shape index (κ3) is 3.75. The van der Waals surface area contributed by atoms with E-state index in [0.29, 0.717) is 5.33 Å². The number of aromatic nitrogens is 1. The highest BCUT2D eigenvalue weighted by atomic mass is 79.9. The molecule has 0 saturated heterocycles. The molecule has 1 heterocycles. The molecule has 0 amide bonds. The molecule has 0 spiro atoms. The predicted molar refractivity (Wildman–Crippen MR) is 64.3 cm³/mol. The first kappa shape index (κ1) is 11.8. The molecule has 1 rings (SSSR count). The van der Waals surface area contributed by atoms with E-state index in [1.807, 2.05) is 12.1 Å². The summed E-state index contributed by atoms with van der Waals surface area (Å²) in [4.78, 5) is 4.16. The molecule has 1 aromatic heterocycles. The number of halogens is 1. The Labute approximate surface area is 97.2 Å². The molecule has 1 aromatic rings. The molecule has 80 valence electrons. The molecule has 0 aromatic carbocycles. The Bertz CT molecular complexity index is 375. The molecule has 1 N–H and O–H groups in total. The van der Waals surface area contributed by atoms with Crippen LogP contribution < -0.4 is 4.74 Å². The van der Waals surface area contributed by atoms with E-state index >= 15 is 0 Å². The van der Waals surface area contributed by atoms with Crippen LogP contribution in [0.5, 0.6) is 5.75 Å². The summed E-state index contributed by atoms with van der Waals surface area (Å²) in [6.07, 6.45) is 6.16. The standard InChI is InChI=1S/C11H12BrNO2/c1-15-11-2-4-13-10(7-11)6-9(8-12)3-5-14/h2-7,14H,8H2,1H3. The van der Waals surface area contributed by atoms with E-state index in [1.165, 1.54) is 0 Å². The number of nitrogens with zero attached hydrogens (tertiary/aromatic N) is 1. The molecule has 0 atom stereocenters. The SMILES string of the molecule is COc1ccnc(C=C(C=CO)CBr)c1. The maximum Gasteiger partial charge on any atom is 0.122 e. The van der Waals surface area contributed by atoms with Crippen molar-refractivity contribution in [2.24, 2.45) is 0 Å². The fraction of sp³-hybridized carbons (Fsp3) is 0.182. The number of alkyl halides is 1. The van der Waals surface area contributed by atoms with Gasteiger partial charge in [0.25, 0.3) is 0 Å². The van der Waals surface area contributed by atoms with Crippen LogP contribution in [-0.2, 0) is 0 Å². The zero-order valence-electron chi connectivity index (χ0n) is 8.35. The molecular weight excluding hydrogens is 258 g/mol. The van der Waals surface area contributed by atoms with Crippen LogP contribution in [-0.4, -0.2) is 22.5 Å². The summed E-state index contributed by atoms with van der Waals surface area (Å²) in [7, 11) is 1.61. The summed E-state index contributed by atoms with van der Waals surface area (Å²) in [5.74, 6) is 0.762.